The van der Waals surface area contributed by atoms with Gasteiger partial charge in [0.15, 0.2) is 6.04 Å². The molecule has 0 aliphatic heterocycles. The lowest BCUT2D eigenvalue weighted by Gasteiger charge is -2.19. The summed E-state index contributed by atoms with van der Waals surface area (Å²) in [5.41, 5.74) is 5.74. The van der Waals surface area contributed by atoms with Crippen LogP contribution in [0, 0.1) is 0 Å². The van der Waals surface area contributed by atoms with Gasteiger partial charge in [-0.2, -0.15) is 0 Å². The van der Waals surface area contributed by atoms with Crippen LogP contribution in [0.5, 0.6) is 0 Å². The fourth-order valence-corrected chi connectivity index (χ4v) is 1.23. The predicted octanol–water partition coefficient (Wildman–Crippen LogP) is 0.715. The van der Waals surface area contributed by atoms with Gasteiger partial charge < -0.3 is 15.7 Å². The largest absolute Gasteiger partial charge is 0.480 e. The van der Waals surface area contributed by atoms with Gasteiger partial charge in [-0.05, 0) is 24.3 Å². The first-order valence-corrected chi connectivity index (χ1v) is 4.83. The molecular formula is C10H11ClN2O3. The van der Waals surface area contributed by atoms with E-state index in [0.717, 1.165) is 0 Å². The number of amides is 1. The van der Waals surface area contributed by atoms with Gasteiger partial charge in [0.05, 0.1) is 0 Å². The molecule has 0 bridgehead atoms. The van der Waals surface area contributed by atoms with E-state index < -0.39 is 17.9 Å². The highest BCUT2D eigenvalue weighted by Crippen LogP contribution is 2.17. The van der Waals surface area contributed by atoms with E-state index in [1.807, 2.05) is 0 Å². The maximum atomic E-state index is 11.6. The zero-order valence-corrected chi connectivity index (χ0v) is 9.31. The summed E-state index contributed by atoms with van der Waals surface area (Å²) < 4.78 is 0. The molecule has 0 aliphatic carbocycles. The molecule has 1 unspecified atom stereocenters. The van der Waals surface area contributed by atoms with Gasteiger partial charge >= 0.3 is 5.97 Å². The van der Waals surface area contributed by atoms with Crippen LogP contribution in [-0.2, 0) is 9.59 Å². The second-order valence-electron chi connectivity index (χ2n) is 3.19. The molecule has 0 aliphatic rings. The van der Waals surface area contributed by atoms with Gasteiger partial charge in [-0.15, -0.1) is 0 Å². The summed E-state index contributed by atoms with van der Waals surface area (Å²) in [5.74, 6) is -2.04. The highest BCUT2D eigenvalue weighted by Gasteiger charge is 2.25. The quantitative estimate of drug-likeness (QED) is 0.765. The lowest BCUT2D eigenvalue weighted by Crippen LogP contribution is -2.46. The monoisotopic (exact) mass is 242 g/mol. The Morgan fingerprint density at radius 2 is 1.88 bits per heavy atom. The van der Waals surface area contributed by atoms with Crippen molar-refractivity contribution in [3.05, 3.63) is 29.3 Å². The van der Waals surface area contributed by atoms with Crippen LogP contribution in [0.3, 0.4) is 0 Å². The Morgan fingerprint density at radius 3 is 2.31 bits per heavy atom. The molecule has 3 N–H and O–H groups in total. The van der Waals surface area contributed by atoms with Crippen molar-refractivity contribution < 1.29 is 14.7 Å². The van der Waals surface area contributed by atoms with Gasteiger partial charge in [-0.25, -0.2) is 4.79 Å². The van der Waals surface area contributed by atoms with Crippen LogP contribution < -0.4 is 10.6 Å². The molecule has 1 amide bonds. The molecule has 0 saturated heterocycles. The zero-order valence-electron chi connectivity index (χ0n) is 8.55. The van der Waals surface area contributed by atoms with E-state index in [0.29, 0.717) is 10.7 Å². The van der Waals surface area contributed by atoms with Crippen molar-refractivity contribution in [1.82, 2.24) is 0 Å². The van der Waals surface area contributed by atoms with Crippen molar-refractivity contribution >= 4 is 29.2 Å². The standard InChI is InChI=1S/C10H11ClN2O3/c1-13(9(14)8(12)10(15)16)7-4-2-6(11)3-5-7/h2-5,8H,12H2,1H3,(H,15,16). The normalized spacial score (nSPS) is 11.9. The number of likely N-dealkylation sites (N-methyl/N-ethyl adjacent to an activating group) is 1. The molecule has 1 aromatic carbocycles. The topological polar surface area (TPSA) is 83.6 Å². The van der Waals surface area contributed by atoms with Crippen LogP contribution in [-0.4, -0.2) is 30.1 Å². The summed E-state index contributed by atoms with van der Waals surface area (Å²) in [6, 6.07) is 4.87. The Labute approximate surface area is 97.4 Å². The number of carbonyl (C=O) groups excluding carboxylic acids is 1. The molecule has 0 aromatic heterocycles. The number of nitrogens with two attached hydrogens (primary N) is 1. The van der Waals surface area contributed by atoms with Crippen LogP contribution in [0.15, 0.2) is 24.3 Å². The fourth-order valence-electron chi connectivity index (χ4n) is 1.11. The SMILES string of the molecule is CN(C(=O)C(N)C(=O)O)c1ccc(Cl)cc1. The number of carboxylic acids is 1. The van der Waals surface area contributed by atoms with Crippen molar-refractivity contribution in [2.45, 2.75) is 6.04 Å². The Kier molecular flexibility index (Phi) is 3.87. The van der Waals surface area contributed by atoms with Crippen molar-refractivity contribution in [3.8, 4) is 0 Å². The zero-order chi connectivity index (χ0) is 12.3. The van der Waals surface area contributed by atoms with Crippen LogP contribution in [0.1, 0.15) is 0 Å². The average molecular weight is 243 g/mol. The lowest BCUT2D eigenvalue weighted by atomic mass is 10.2. The number of benzene rings is 1. The third-order valence-electron chi connectivity index (χ3n) is 2.08. The predicted molar refractivity (Wildman–Crippen MR) is 60.5 cm³/mol. The van der Waals surface area contributed by atoms with E-state index in [1.165, 1.54) is 11.9 Å². The lowest BCUT2D eigenvalue weighted by molar-refractivity contribution is -0.142. The Morgan fingerprint density at radius 1 is 1.38 bits per heavy atom. The Bertz CT molecular complexity index is 405. The number of carbonyl (C=O) groups is 2. The Hall–Kier alpha value is -1.59. The van der Waals surface area contributed by atoms with Crippen molar-refractivity contribution in [1.29, 1.82) is 0 Å². The molecular weight excluding hydrogens is 232 g/mol. The highest BCUT2D eigenvalue weighted by molar-refractivity contribution is 6.30. The summed E-state index contributed by atoms with van der Waals surface area (Å²) in [7, 11) is 1.45. The fraction of sp³-hybridized carbons (Fsp3) is 0.200. The van der Waals surface area contributed by atoms with E-state index >= 15 is 0 Å². The molecule has 0 saturated carbocycles. The van der Waals surface area contributed by atoms with Crippen LogP contribution in [0.2, 0.25) is 5.02 Å². The first-order valence-electron chi connectivity index (χ1n) is 4.45. The molecule has 16 heavy (non-hydrogen) atoms. The molecule has 0 spiro atoms. The van der Waals surface area contributed by atoms with Crippen molar-refractivity contribution in [2.75, 3.05) is 11.9 Å². The number of rotatable bonds is 3. The van der Waals surface area contributed by atoms with E-state index in [4.69, 9.17) is 22.4 Å². The number of nitrogens with zero attached hydrogens (tertiary/aromatic N) is 1. The number of hydrogen-bond donors (Lipinski definition) is 2. The number of halogens is 1. The van der Waals surface area contributed by atoms with Crippen LogP contribution >= 0.6 is 11.6 Å². The summed E-state index contributed by atoms with van der Waals surface area (Å²) >= 11 is 5.69. The van der Waals surface area contributed by atoms with E-state index in [2.05, 4.69) is 0 Å². The third kappa shape index (κ3) is 2.71. The van der Waals surface area contributed by atoms with E-state index in [9.17, 15) is 9.59 Å². The van der Waals surface area contributed by atoms with Gasteiger partial charge in [0.2, 0.25) is 0 Å². The molecule has 1 rings (SSSR count). The molecule has 5 nitrogen and oxygen atoms in total. The number of hydrogen-bond acceptors (Lipinski definition) is 3. The summed E-state index contributed by atoms with van der Waals surface area (Å²) in [5, 5.41) is 9.13. The molecule has 0 heterocycles. The Balaban J connectivity index is 2.85. The highest BCUT2D eigenvalue weighted by atomic mass is 35.5. The summed E-state index contributed by atoms with van der Waals surface area (Å²) in [4.78, 5) is 23.3. The van der Waals surface area contributed by atoms with Gasteiger partial charge in [0, 0.05) is 17.8 Å². The van der Waals surface area contributed by atoms with Crippen LogP contribution in [0.4, 0.5) is 5.69 Å². The first-order chi connectivity index (χ1) is 7.43. The van der Waals surface area contributed by atoms with E-state index in [1.54, 1.807) is 24.3 Å². The van der Waals surface area contributed by atoms with E-state index in [-0.39, 0.29) is 0 Å². The number of carboxylic acid groups (broad SMARTS) is 1. The second-order valence-corrected chi connectivity index (χ2v) is 3.63. The molecule has 1 aromatic rings. The third-order valence-corrected chi connectivity index (χ3v) is 2.33. The maximum Gasteiger partial charge on any atom is 0.330 e. The van der Waals surface area contributed by atoms with Crippen molar-refractivity contribution in [3.63, 3.8) is 0 Å². The van der Waals surface area contributed by atoms with Gasteiger partial charge in [-0.3, -0.25) is 4.79 Å². The molecule has 1 atom stereocenters. The van der Waals surface area contributed by atoms with Crippen molar-refractivity contribution in [2.24, 2.45) is 5.73 Å². The second kappa shape index (κ2) is 4.96. The first kappa shape index (κ1) is 12.5. The van der Waals surface area contributed by atoms with Gasteiger partial charge in [0.1, 0.15) is 0 Å². The molecule has 6 heteroatoms. The number of anilines is 1. The molecule has 0 radical (unpaired) electrons. The number of aliphatic carboxylic acids is 1. The maximum absolute atomic E-state index is 11.6. The van der Waals surface area contributed by atoms with Gasteiger partial charge in [-0.1, -0.05) is 11.6 Å². The smallest absolute Gasteiger partial charge is 0.330 e. The molecule has 86 valence electrons. The average Bonchev–Trinajstić information content (AvgIpc) is 2.27. The van der Waals surface area contributed by atoms with Gasteiger partial charge in [0.25, 0.3) is 5.91 Å². The van der Waals surface area contributed by atoms with Crippen LogP contribution in [0.25, 0.3) is 0 Å². The minimum Gasteiger partial charge on any atom is -0.480 e. The summed E-state index contributed by atoms with van der Waals surface area (Å²) in [6.45, 7) is 0. The minimum absolute atomic E-state index is 0.533. The minimum atomic E-state index is -1.55. The summed E-state index contributed by atoms with van der Waals surface area (Å²) in [6.07, 6.45) is 0. The molecule has 0 fully saturated rings.